The van der Waals surface area contributed by atoms with E-state index in [4.69, 9.17) is 28.4 Å². The van der Waals surface area contributed by atoms with E-state index in [-0.39, 0.29) is 16.2 Å². The van der Waals surface area contributed by atoms with Crippen LogP contribution in [0, 0.1) is 16.2 Å². The van der Waals surface area contributed by atoms with E-state index >= 15 is 0 Å². The topological polar surface area (TPSA) is 55.4 Å². The highest BCUT2D eigenvalue weighted by molar-refractivity contribution is 7.24. The van der Waals surface area contributed by atoms with Gasteiger partial charge in [0.2, 0.25) is 0 Å². The Balaban J connectivity index is 0.866. The Morgan fingerprint density at radius 2 is 0.464 bits per heavy atom. The molecular formula is C83H102O6S8. The third kappa shape index (κ3) is 21.0. The van der Waals surface area contributed by atoms with Gasteiger partial charge in [0, 0.05) is 124 Å². The van der Waals surface area contributed by atoms with Crippen molar-refractivity contribution in [2.75, 3.05) is 79.3 Å². The van der Waals surface area contributed by atoms with Crippen LogP contribution in [0.4, 0.5) is 0 Å². The molecule has 8 heterocycles. The number of unbranched alkanes of at least 4 members (excludes halogenated alkanes) is 6. The average molecular weight is 1450 g/mol. The quantitative estimate of drug-likeness (QED) is 0.0357. The van der Waals surface area contributed by atoms with Crippen LogP contribution in [0.25, 0.3) is 75.5 Å². The summed E-state index contributed by atoms with van der Waals surface area (Å²) in [5.41, 5.74) is 8.07. The van der Waals surface area contributed by atoms with E-state index in [0.717, 1.165) is 155 Å². The van der Waals surface area contributed by atoms with Crippen molar-refractivity contribution in [3.05, 3.63) is 171 Å². The molecule has 0 N–H and O–H groups in total. The summed E-state index contributed by atoms with van der Waals surface area (Å²) in [7, 11) is 0. The fraction of sp³-hybridized carbons (Fsp3) is 0.470. The Morgan fingerprint density at radius 3 is 0.639 bits per heavy atom. The van der Waals surface area contributed by atoms with E-state index in [9.17, 15) is 0 Å². The van der Waals surface area contributed by atoms with E-state index in [0.29, 0.717) is 39.6 Å². The molecule has 6 nitrogen and oxygen atoms in total. The first-order valence-corrected chi connectivity index (χ1v) is 42.6. The first-order valence-electron chi connectivity index (χ1n) is 36.0. The van der Waals surface area contributed by atoms with E-state index in [1.807, 2.05) is 90.7 Å². The molecule has 0 amide bonds. The van der Waals surface area contributed by atoms with Crippen LogP contribution in [0.1, 0.15) is 186 Å². The summed E-state index contributed by atoms with van der Waals surface area (Å²) in [4.78, 5) is 18.3. The van der Waals surface area contributed by atoms with Crippen LogP contribution in [0.5, 0.6) is 0 Å². The number of ether oxygens (including phenoxy) is 6. The summed E-state index contributed by atoms with van der Waals surface area (Å²) in [5.74, 6) is 0. The molecule has 0 bridgehead atoms. The lowest BCUT2D eigenvalue weighted by molar-refractivity contribution is -0.0169. The standard InChI is InChI=1S/C83H102O6S8/c1-7-13-35-84-55-81(56-85-36-14-8-2)49-61(43-67-23-29-75(92-67)73-21-19-41-90-73)63(51-81)45-69-25-31-77(94-69)79-33-27-71(96-79)47-65-53-83(59-88-39-17-11-5,60-89-40-18-12-6)54-66(65)48-72-28-34-80(97-72)78-32-26-70(95-78)46-64-52-82(57-86-37-15-9-3,58-87-38-16-10-4)50-62(64)44-68-24-30-76(93-68)74-22-20-42-91-74/h19-34,41-48H,7-18,35-40,49-60H2,1-6H3/b61-43-,62-44+,63-45+,64-46-,65-47+,66-48+. The zero-order valence-corrected chi connectivity index (χ0v) is 64.8. The van der Waals surface area contributed by atoms with Crippen molar-refractivity contribution in [2.45, 2.75) is 157 Å². The second kappa shape index (κ2) is 37.6. The van der Waals surface area contributed by atoms with Gasteiger partial charge < -0.3 is 28.4 Å². The zero-order chi connectivity index (χ0) is 67.1. The Kier molecular flexibility index (Phi) is 28.7. The van der Waals surface area contributed by atoms with Crippen molar-refractivity contribution in [1.29, 1.82) is 0 Å². The van der Waals surface area contributed by atoms with Gasteiger partial charge in [-0.2, -0.15) is 0 Å². The second-order valence-corrected chi connectivity index (χ2v) is 35.8. The van der Waals surface area contributed by atoms with Gasteiger partial charge in [0.05, 0.1) is 39.6 Å². The molecule has 11 rings (SSSR count). The summed E-state index contributed by atoms with van der Waals surface area (Å²) < 4.78 is 39.2. The first-order chi connectivity index (χ1) is 47.6. The predicted octanol–water partition coefficient (Wildman–Crippen LogP) is 26.5. The molecule has 0 aliphatic heterocycles. The normalized spacial score (nSPS) is 18.5. The Hall–Kier alpha value is -4.20. The highest BCUT2D eigenvalue weighted by Crippen LogP contribution is 2.53. The van der Waals surface area contributed by atoms with Crippen LogP contribution in [0.15, 0.2) is 141 Å². The predicted molar refractivity (Wildman–Crippen MR) is 428 cm³/mol. The van der Waals surface area contributed by atoms with Gasteiger partial charge >= 0.3 is 0 Å². The Bertz CT molecular complexity index is 3580. The van der Waals surface area contributed by atoms with Gasteiger partial charge in [-0.15, -0.1) is 90.7 Å². The van der Waals surface area contributed by atoms with Gasteiger partial charge in [0.1, 0.15) is 0 Å². The molecule has 0 aromatic carbocycles. The fourth-order valence-electron chi connectivity index (χ4n) is 13.3. The maximum absolute atomic E-state index is 6.60. The third-order valence-electron chi connectivity index (χ3n) is 18.6. The van der Waals surface area contributed by atoms with Gasteiger partial charge in [-0.05, 0) is 243 Å². The second-order valence-electron chi connectivity index (χ2n) is 27.2. The molecule has 8 aromatic heterocycles. The van der Waals surface area contributed by atoms with Crippen molar-refractivity contribution in [1.82, 2.24) is 0 Å². The summed E-state index contributed by atoms with van der Waals surface area (Å²) in [6.07, 6.45) is 33.7. The average Bonchev–Trinajstić information content (AvgIpc) is 1.66. The van der Waals surface area contributed by atoms with Crippen LogP contribution in [-0.4, -0.2) is 79.3 Å². The number of rotatable bonds is 40. The molecule has 8 aromatic rings. The number of thiophene rings is 8. The summed E-state index contributed by atoms with van der Waals surface area (Å²) in [5, 5.41) is 4.34. The molecule has 3 saturated carbocycles. The minimum absolute atomic E-state index is 0.0997. The highest BCUT2D eigenvalue weighted by Gasteiger charge is 2.43. The number of hydrogen-bond acceptors (Lipinski definition) is 14. The minimum Gasteiger partial charge on any atom is -0.381 e. The van der Waals surface area contributed by atoms with Crippen LogP contribution in [0.2, 0.25) is 0 Å². The molecular weight excluding hydrogens is 1350 g/mol. The van der Waals surface area contributed by atoms with Crippen molar-refractivity contribution in [3.8, 4) is 39.0 Å². The fourth-order valence-corrected chi connectivity index (χ4v) is 21.1. The summed E-state index contributed by atoms with van der Waals surface area (Å²) >= 11 is 15.0. The van der Waals surface area contributed by atoms with Gasteiger partial charge in [0.25, 0.3) is 0 Å². The lowest BCUT2D eigenvalue weighted by atomic mass is 9.87. The van der Waals surface area contributed by atoms with E-state index in [1.54, 1.807) is 0 Å². The maximum atomic E-state index is 6.60. The van der Waals surface area contributed by atoms with Gasteiger partial charge in [0.15, 0.2) is 0 Å². The largest absolute Gasteiger partial charge is 0.381 e. The number of hydrogen-bond donors (Lipinski definition) is 0. The molecule has 3 aliphatic carbocycles. The van der Waals surface area contributed by atoms with Gasteiger partial charge in [-0.25, -0.2) is 0 Å². The van der Waals surface area contributed by atoms with E-state index < -0.39 is 0 Å². The maximum Gasteiger partial charge on any atom is 0.0550 e. The van der Waals surface area contributed by atoms with E-state index in [2.05, 4.69) is 186 Å². The number of allylic oxidation sites excluding steroid dienone is 6. The minimum atomic E-state index is -0.139. The SMILES string of the molecule is CCCCOCC1(COCCCC)CC(=C/c2ccc(-c3ccc(/C=C4\CC(COCCCC)(COCCCC)C\C4=C/c4ccc(-c5ccc(/C=C6\CC(COCCCC)(COCCCC)C\C6=C\c6ccc(-c7cccs7)s6)s5)s4)s3)s2)/C(=C/c2ccc(-c3cccs3)s2)C1. The molecule has 0 atom stereocenters. The van der Waals surface area contributed by atoms with Gasteiger partial charge in [-0.1, -0.05) is 92.2 Å². The van der Waals surface area contributed by atoms with Crippen LogP contribution >= 0.6 is 90.7 Å². The van der Waals surface area contributed by atoms with Crippen molar-refractivity contribution < 1.29 is 28.4 Å². The third-order valence-corrected chi connectivity index (χ3v) is 27.3. The van der Waals surface area contributed by atoms with Crippen LogP contribution in [-0.2, 0) is 28.4 Å². The molecule has 518 valence electrons. The van der Waals surface area contributed by atoms with Gasteiger partial charge in [-0.3, -0.25) is 0 Å². The Morgan fingerprint density at radius 1 is 0.268 bits per heavy atom. The summed E-state index contributed by atoms with van der Waals surface area (Å²) in [6, 6.07) is 36.7. The van der Waals surface area contributed by atoms with E-state index in [1.165, 1.54) is 102 Å². The molecule has 3 fully saturated rings. The molecule has 0 saturated heterocycles. The first kappa shape index (κ1) is 74.0. The van der Waals surface area contributed by atoms with Crippen molar-refractivity contribution >= 4 is 127 Å². The molecule has 0 spiro atoms. The zero-order valence-electron chi connectivity index (χ0n) is 58.3. The molecule has 97 heavy (non-hydrogen) atoms. The Labute approximate surface area is 612 Å². The lowest BCUT2D eigenvalue weighted by Crippen LogP contribution is -2.30. The monoisotopic (exact) mass is 1450 g/mol. The molecule has 3 aliphatic rings. The van der Waals surface area contributed by atoms with Crippen LogP contribution < -0.4 is 0 Å². The lowest BCUT2D eigenvalue weighted by Gasteiger charge is -2.28. The molecule has 14 heteroatoms. The van der Waals surface area contributed by atoms with Crippen molar-refractivity contribution in [3.63, 3.8) is 0 Å². The smallest absolute Gasteiger partial charge is 0.0550 e. The van der Waals surface area contributed by atoms with Crippen molar-refractivity contribution in [2.24, 2.45) is 16.2 Å². The molecule has 0 unspecified atom stereocenters. The van der Waals surface area contributed by atoms with Crippen LogP contribution in [0.3, 0.4) is 0 Å². The summed E-state index contributed by atoms with van der Waals surface area (Å²) in [6.45, 7) is 22.4. The highest BCUT2D eigenvalue weighted by atomic mass is 32.1. The molecule has 0 radical (unpaired) electrons.